The normalized spacial score (nSPS) is 12.1. The molecule has 5 nitrogen and oxygen atoms in total. The van der Waals surface area contributed by atoms with Gasteiger partial charge in [-0.15, -0.1) is 11.6 Å². The number of carbonyl (C=O) groups is 2. The predicted molar refractivity (Wildman–Crippen MR) is 76.7 cm³/mol. The van der Waals surface area contributed by atoms with Crippen LogP contribution in [0.1, 0.15) is 5.56 Å². The van der Waals surface area contributed by atoms with Crippen LogP contribution in [0.5, 0.6) is 0 Å². The van der Waals surface area contributed by atoms with Crippen molar-refractivity contribution in [3.05, 3.63) is 36.0 Å². The van der Waals surface area contributed by atoms with Crippen LogP contribution in [0.3, 0.4) is 0 Å². The number of carbonyl (C=O) groups excluding carboxylic acids is 2. The fourth-order valence-electron chi connectivity index (χ4n) is 2.09. The first-order chi connectivity index (χ1) is 9.65. The second-order valence-electron chi connectivity index (χ2n) is 4.34. The monoisotopic (exact) mass is 294 g/mol. The van der Waals surface area contributed by atoms with Crippen LogP contribution in [0.4, 0.5) is 0 Å². The fourth-order valence-corrected chi connectivity index (χ4v) is 2.17. The van der Waals surface area contributed by atoms with Gasteiger partial charge in [-0.25, -0.2) is 4.79 Å². The number of para-hydroxylation sites is 1. The molecule has 0 saturated heterocycles. The van der Waals surface area contributed by atoms with Crippen molar-refractivity contribution < 1.29 is 14.3 Å². The number of aromatic nitrogens is 1. The maximum absolute atomic E-state index is 11.7. The molecule has 1 atom stereocenters. The van der Waals surface area contributed by atoms with Crippen molar-refractivity contribution in [1.29, 1.82) is 0 Å². The van der Waals surface area contributed by atoms with E-state index < -0.39 is 17.9 Å². The summed E-state index contributed by atoms with van der Waals surface area (Å²) in [4.78, 5) is 26.2. The molecule has 0 aliphatic heterocycles. The largest absolute Gasteiger partial charge is 0.467 e. The van der Waals surface area contributed by atoms with Gasteiger partial charge in [-0.3, -0.25) is 4.79 Å². The van der Waals surface area contributed by atoms with Crippen molar-refractivity contribution in [3.63, 3.8) is 0 Å². The average Bonchev–Trinajstić information content (AvgIpc) is 2.89. The fraction of sp³-hybridized carbons (Fsp3) is 0.286. The molecule has 2 rings (SSSR count). The molecule has 0 aliphatic carbocycles. The number of aromatic amines is 1. The van der Waals surface area contributed by atoms with Crippen molar-refractivity contribution in [3.8, 4) is 0 Å². The van der Waals surface area contributed by atoms with E-state index in [2.05, 4.69) is 10.3 Å². The Hall–Kier alpha value is -2.01. The number of alkyl halides is 1. The number of benzene rings is 1. The number of esters is 1. The maximum atomic E-state index is 11.7. The Balaban J connectivity index is 2.22. The highest BCUT2D eigenvalue weighted by molar-refractivity contribution is 6.27. The molecule has 1 heterocycles. The summed E-state index contributed by atoms with van der Waals surface area (Å²) in [7, 11) is 1.29. The lowest BCUT2D eigenvalue weighted by atomic mass is 10.0. The lowest BCUT2D eigenvalue weighted by Crippen LogP contribution is -2.43. The van der Waals surface area contributed by atoms with Gasteiger partial charge in [-0.05, 0) is 11.6 Å². The van der Waals surface area contributed by atoms with Gasteiger partial charge in [0.2, 0.25) is 5.91 Å². The lowest BCUT2D eigenvalue weighted by Gasteiger charge is -2.15. The standard InChI is InChI=1S/C14H15ClN2O3/c1-20-14(19)12(17-13(18)7-15)6-9-8-16-11-5-3-2-4-10(9)11/h2-5,8,12,16H,6-7H2,1H3,(H,17,18)/t12-/m0/s1. The van der Waals surface area contributed by atoms with Crippen LogP contribution in [-0.4, -0.2) is 35.9 Å². The Kier molecular flexibility index (Phi) is 4.63. The van der Waals surface area contributed by atoms with E-state index in [1.54, 1.807) is 0 Å². The van der Waals surface area contributed by atoms with Gasteiger partial charge in [0, 0.05) is 23.5 Å². The molecule has 1 aromatic carbocycles. The predicted octanol–water partition coefficient (Wildman–Crippen LogP) is 1.61. The van der Waals surface area contributed by atoms with Crippen molar-refractivity contribution in [2.24, 2.45) is 0 Å². The highest BCUT2D eigenvalue weighted by Gasteiger charge is 2.22. The van der Waals surface area contributed by atoms with Crippen LogP contribution in [0.15, 0.2) is 30.5 Å². The van der Waals surface area contributed by atoms with E-state index in [9.17, 15) is 9.59 Å². The Morgan fingerprint density at radius 1 is 1.40 bits per heavy atom. The summed E-state index contributed by atoms with van der Waals surface area (Å²) in [6.07, 6.45) is 2.17. The highest BCUT2D eigenvalue weighted by Crippen LogP contribution is 2.19. The van der Waals surface area contributed by atoms with E-state index in [1.165, 1.54) is 7.11 Å². The number of rotatable bonds is 5. The molecule has 6 heteroatoms. The number of fused-ring (bicyclic) bond motifs is 1. The molecule has 0 spiro atoms. The molecule has 2 N–H and O–H groups in total. The van der Waals surface area contributed by atoms with Gasteiger partial charge in [0.15, 0.2) is 0 Å². The summed E-state index contributed by atoms with van der Waals surface area (Å²) in [5.74, 6) is -1.09. The molecule has 0 aliphatic rings. The number of halogens is 1. The molecule has 1 amide bonds. The summed E-state index contributed by atoms with van der Waals surface area (Å²) < 4.78 is 4.71. The van der Waals surface area contributed by atoms with Gasteiger partial charge in [0.25, 0.3) is 0 Å². The summed E-state index contributed by atoms with van der Waals surface area (Å²) in [6, 6.07) is 7.01. The zero-order chi connectivity index (χ0) is 14.5. The molecule has 0 radical (unpaired) electrons. The Morgan fingerprint density at radius 3 is 2.85 bits per heavy atom. The third kappa shape index (κ3) is 3.11. The maximum Gasteiger partial charge on any atom is 0.328 e. The smallest absolute Gasteiger partial charge is 0.328 e. The molecule has 2 aromatic rings. The van der Waals surface area contributed by atoms with E-state index in [-0.39, 0.29) is 5.88 Å². The summed E-state index contributed by atoms with van der Waals surface area (Å²) in [5.41, 5.74) is 1.92. The van der Waals surface area contributed by atoms with Gasteiger partial charge < -0.3 is 15.0 Å². The minimum atomic E-state index is -0.745. The number of ether oxygens (including phenoxy) is 1. The van der Waals surface area contributed by atoms with Crippen LogP contribution in [-0.2, 0) is 20.7 Å². The quantitative estimate of drug-likeness (QED) is 0.650. The van der Waals surface area contributed by atoms with Crippen LogP contribution >= 0.6 is 11.6 Å². The minimum absolute atomic E-state index is 0.193. The molecule has 0 fully saturated rings. The van der Waals surface area contributed by atoms with E-state index in [4.69, 9.17) is 16.3 Å². The third-order valence-corrected chi connectivity index (χ3v) is 3.28. The molecule has 106 valence electrons. The topological polar surface area (TPSA) is 71.2 Å². The summed E-state index contributed by atoms with van der Waals surface area (Å²) >= 11 is 5.45. The lowest BCUT2D eigenvalue weighted by molar-refractivity contribution is -0.144. The Bertz CT molecular complexity index is 624. The minimum Gasteiger partial charge on any atom is -0.467 e. The first-order valence-electron chi connectivity index (χ1n) is 6.14. The van der Waals surface area contributed by atoms with Gasteiger partial charge >= 0.3 is 5.97 Å². The van der Waals surface area contributed by atoms with E-state index in [0.717, 1.165) is 16.5 Å². The molecular formula is C14H15ClN2O3. The van der Waals surface area contributed by atoms with Gasteiger partial charge in [-0.2, -0.15) is 0 Å². The highest BCUT2D eigenvalue weighted by atomic mass is 35.5. The van der Waals surface area contributed by atoms with Crippen molar-refractivity contribution in [1.82, 2.24) is 10.3 Å². The molecule has 1 aromatic heterocycles. The molecule has 0 saturated carbocycles. The second-order valence-corrected chi connectivity index (χ2v) is 4.61. The molecule has 0 unspecified atom stereocenters. The number of hydrogen-bond donors (Lipinski definition) is 2. The van der Waals surface area contributed by atoms with Gasteiger partial charge in [-0.1, -0.05) is 18.2 Å². The molecular weight excluding hydrogens is 280 g/mol. The Labute approximate surface area is 121 Å². The summed E-state index contributed by atoms with van der Waals surface area (Å²) in [6.45, 7) is 0. The third-order valence-electron chi connectivity index (χ3n) is 3.04. The average molecular weight is 295 g/mol. The zero-order valence-electron chi connectivity index (χ0n) is 11.0. The van der Waals surface area contributed by atoms with E-state index >= 15 is 0 Å². The first kappa shape index (κ1) is 14.4. The molecule has 20 heavy (non-hydrogen) atoms. The number of amides is 1. The first-order valence-corrected chi connectivity index (χ1v) is 6.67. The van der Waals surface area contributed by atoms with Crippen LogP contribution in [0.25, 0.3) is 10.9 Å². The van der Waals surface area contributed by atoms with Crippen molar-refractivity contribution in [2.45, 2.75) is 12.5 Å². The van der Waals surface area contributed by atoms with Crippen molar-refractivity contribution in [2.75, 3.05) is 13.0 Å². The van der Waals surface area contributed by atoms with Gasteiger partial charge in [0.05, 0.1) is 7.11 Å². The zero-order valence-corrected chi connectivity index (χ0v) is 11.7. The number of methoxy groups -OCH3 is 1. The number of H-pyrrole nitrogens is 1. The van der Waals surface area contributed by atoms with Crippen LogP contribution in [0.2, 0.25) is 0 Å². The SMILES string of the molecule is COC(=O)[C@H](Cc1c[nH]c2ccccc12)NC(=O)CCl. The van der Waals surface area contributed by atoms with Crippen molar-refractivity contribution >= 4 is 34.4 Å². The summed E-state index contributed by atoms with van der Waals surface area (Å²) in [5, 5.41) is 3.58. The van der Waals surface area contributed by atoms with Gasteiger partial charge in [0.1, 0.15) is 11.9 Å². The van der Waals surface area contributed by atoms with Crippen LogP contribution < -0.4 is 5.32 Å². The number of hydrogen-bond acceptors (Lipinski definition) is 3. The van der Waals surface area contributed by atoms with Crippen LogP contribution in [0, 0.1) is 0 Å². The Morgan fingerprint density at radius 2 is 2.15 bits per heavy atom. The van der Waals surface area contributed by atoms with E-state index in [1.807, 2.05) is 30.5 Å². The molecule has 0 bridgehead atoms. The second kappa shape index (κ2) is 6.43. The van der Waals surface area contributed by atoms with E-state index in [0.29, 0.717) is 6.42 Å². The number of nitrogens with one attached hydrogen (secondary N) is 2.